The molecule has 2 N–H and O–H groups in total. The Morgan fingerprint density at radius 3 is 2.92 bits per heavy atom. The van der Waals surface area contributed by atoms with Crippen molar-refractivity contribution in [1.29, 1.82) is 0 Å². The number of nitrogens with one attached hydrogen (secondary N) is 2. The summed E-state index contributed by atoms with van der Waals surface area (Å²) < 4.78 is 1.76. The maximum absolute atomic E-state index is 4.35. The average molecular weight is 328 g/mol. The minimum Gasteiger partial charge on any atom is -0.354 e. The summed E-state index contributed by atoms with van der Waals surface area (Å²) in [7, 11) is 1.80. The molecule has 2 heterocycles. The van der Waals surface area contributed by atoms with Gasteiger partial charge in [-0.25, -0.2) is 9.67 Å². The third-order valence-corrected chi connectivity index (χ3v) is 3.86. The number of unbranched alkanes of at least 4 members (excludes halogenated alkanes) is 2. The first-order valence-corrected chi connectivity index (χ1v) is 8.65. The van der Waals surface area contributed by atoms with Crippen LogP contribution < -0.4 is 10.6 Å². The molecule has 1 atom stereocenters. The fourth-order valence-corrected chi connectivity index (χ4v) is 2.49. The van der Waals surface area contributed by atoms with Gasteiger partial charge in [0.1, 0.15) is 0 Å². The summed E-state index contributed by atoms with van der Waals surface area (Å²) in [5, 5.41) is 11.0. The lowest BCUT2D eigenvalue weighted by Crippen LogP contribution is -2.41. The molecule has 2 aromatic heterocycles. The Morgan fingerprint density at radius 1 is 1.33 bits per heavy atom. The van der Waals surface area contributed by atoms with E-state index in [4.69, 9.17) is 0 Å². The summed E-state index contributed by atoms with van der Waals surface area (Å²) in [5.41, 5.74) is 1.14. The van der Waals surface area contributed by atoms with Crippen LogP contribution in [-0.4, -0.2) is 33.8 Å². The molecular weight excluding hydrogens is 300 g/mol. The van der Waals surface area contributed by atoms with E-state index < -0.39 is 0 Å². The first kappa shape index (κ1) is 18.0. The van der Waals surface area contributed by atoms with Crippen LogP contribution in [0.2, 0.25) is 0 Å². The van der Waals surface area contributed by atoms with Gasteiger partial charge in [0.2, 0.25) is 0 Å². The lowest BCUT2D eigenvalue weighted by atomic mass is 10.1. The van der Waals surface area contributed by atoms with Crippen molar-refractivity contribution in [3.8, 4) is 5.82 Å². The molecule has 0 bridgehead atoms. The van der Waals surface area contributed by atoms with Crippen molar-refractivity contribution in [2.45, 2.75) is 52.1 Å². The molecule has 0 saturated heterocycles. The minimum atomic E-state index is 0.417. The molecule has 0 aliphatic heterocycles. The Hall–Kier alpha value is -2.37. The highest BCUT2D eigenvalue weighted by Gasteiger charge is 2.06. The largest absolute Gasteiger partial charge is 0.354 e. The van der Waals surface area contributed by atoms with Gasteiger partial charge in [-0.2, -0.15) is 5.10 Å². The van der Waals surface area contributed by atoms with Crippen molar-refractivity contribution in [3.05, 3.63) is 42.4 Å². The highest BCUT2D eigenvalue weighted by Crippen LogP contribution is 2.06. The Kier molecular flexibility index (Phi) is 7.26. The van der Waals surface area contributed by atoms with Crippen molar-refractivity contribution in [1.82, 2.24) is 25.4 Å². The number of aromatic nitrogens is 3. The number of pyridine rings is 1. The van der Waals surface area contributed by atoms with Crippen LogP contribution in [0.15, 0.2) is 41.8 Å². The molecule has 0 aliphatic carbocycles. The van der Waals surface area contributed by atoms with Gasteiger partial charge in [0.25, 0.3) is 0 Å². The van der Waals surface area contributed by atoms with Gasteiger partial charge in [0.05, 0.1) is 0 Å². The number of aliphatic imine (C=N–C) groups is 1. The first-order valence-electron chi connectivity index (χ1n) is 8.65. The maximum Gasteiger partial charge on any atom is 0.191 e. The molecule has 0 radical (unpaired) electrons. The second-order valence-corrected chi connectivity index (χ2v) is 5.94. The van der Waals surface area contributed by atoms with Gasteiger partial charge < -0.3 is 10.6 Å². The molecule has 6 nitrogen and oxygen atoms in total. The zero-order valence-electron chi connectivity index (χ0n) is 14.9. The Morgan fingerprint density at radius 2 is 2.21 bits per heavy atom. The van der Waals surface area contributed by atoms with E-state index in [0.717, 1.165) is 23.8 Å². The van der Waals surface area contributed by atoms with Gasteiger partial charge in [0.15, 0.2) is 11.8 Å². The smallest absolute Gasteiger partial charge is 0.191 e. The van der Waals surface area contributed by atoms with Crippen LogP contribution in [-0.2, 0) is 6.54 Å². The van der Waals surface area contributed by atoms with E-state index in [1.54, 1.807) is 24.1 Å². The van der Waals surface area contributed by atoms with Gasteiger partial charge in [-0.1, -0.05) is 26.2 Å². The zero-order valence-corrected chi connectivity index (χ0v) is 14.9. The zero-order chi connectivity index (χ0) is 17.2. The fraction of sp³-hybridized carbons (Fsp3) is 0.500. The van der Waals surface area contributed by atoms with Gasteiger partial charge in [0, 0.05) is 38.2 Å². The normalized spacial score (nSPS) is 12.9. The second-order valence-electron chi connectivity index (χ2n) is 5.94. The van der Waals surface area contributed by atoms with Crippen LogP contribution in [0.3, 0.4) is 0 Å². The average Bonchev–Trinajstić information content (AvgIpc) is 3.14. The third-order valence-electron chi connectivity index (χ3n) is 3.86. The van der Waals surface area contributed by atoms with Crippen LogP contribution in [0.5, 0.6) is 0 Å². The molecule has 130 valence electrons. The predicted molar refractivity (Wildman–Crippen MR) is 98.3 cm³/mol. The highest BCUT2D eigenvalue weighted by atomic mass is 15.3. The summed E-state index contributed by atoms with van der Waals surface area (Å²) in [6.45, 7) is 5.12. The molecule has 2 rings (SSSR count). The van der Waals surface area contributed by atoms with E-state index in [-0.39, 0.29) is 0 Å². The molecule has 6 heteroatoms. The first-order chi connectivity index (χ1) is 11.7. The number of rotatable bonds is 8. The molecule has 0 aromatic carbocycles. The minimum absolute atomic E-state index is 0.417. The summed E-state index contributed by atoms with van der Waals surface area (Å²) in [4.78, 5) is 8.65. The summed E-state index contributed by atoms with van der Waals surface area (Å²) in [6, 6.07) is 6.33. The summed E-state index contributed by atoms with van der Waals surface area (Å²) >= 11 is 0. The molecule has 0 aliphatic rings. The topological polar surface area (TPSA) is 67.1 Å². The molecule has 1 unspecified atom stereocenters. The number of hydrogen-bond donors (Lipinski definition) is 2. The SMILES string of the molecule is CCCCCC(C)NC(=NC)NCc1ccnc(-n2cccn2)c1. The molecule has 0 spiro atoms. The van der Waals surface area contributed by atoms with Crippen molar-refractivity contribution in [2.75, 3.05) is 7.05 Å². The molecule has 0 saturated carbocycles. The monoisotopic (exact) mass is 328 g/mol. The van der Waals surface area contributed by atoms with Crippen molar-refractivity contribution in [2.24, 2.45) is 4.99 Å². The quantitative estimate of drug-likeness (QED) is 0.444. The van der Waals surface area contributed by atoms with E-state index in [9.17, 15) is 0 Å². The molecule has 0 fully saturated rings. The lowest BCUT2D eigenvalue weighted by molar-refractivity contribution is 0.546. The van der Waals surface area contributed by atoms with E-state index in [1.165, 1.54) is 19.3 Å². The third kappa shape index (κ3) is 5.68. The predicted octanol–water partition coefficient (Wildman–Crippen LogP) is 2.90. The van der Waals surface area contributed by atoms with Crippen LogP contribution in [0, 0.1) is 0 Å². The van der Waals surface area contributed by atoms with Gasteiger partial charge in [-0.05, 0) is 37.1 Å². The van der Waals surface area contributed by atoms with E-state index in [2.05, 4.69) is 39.6 Å². The summed E-state index contributed by atoms with van der Waals surface area (Å²) in [6.07, 6.45) is 10.4. The Bertz CT molecular complexity index is 620. The van der Waals surface area contributed by atoms with Gasteiger partial charge in [-0.15, -0.1) is 0 Å². The summed E-state index contributed by atoms with van der Waals surface area (Å²) in [5.74, 6) is 1.65. The molecular formula is C18H28N6. The number of nitrogens with zero attached hydrogens (tertiary/aromatic N) is 4. The lowest BCUT2D eigenvalue weighted by Gasteiger charge is -2.18. The Balaban J connectivity index is 1.86. The maximum atomic E-state index is 4.35. The van der Waals surface area contributed by atoms with Crippen LogP contribution in [0.25, 0.3) is 5.82 Å². The van der Waals surface area contributed by atoms with Gasteiger partial charge in [-0.3, -0.25) is 4.99 Å². The Labute approximate surface area is 144 Å². The number of hydrogen-bond acceptors (Lipinski definition) is 3. The molecule has 0 amide bonds. The highest BCUT2D eigenvalue weighted by molar-refractivity contribution is 5.79. The van der Waals surface area contributed by atoms with Crippen molar-refractivity contribution >= 4 is 5.96 Å². The van der Waals surface area contributed by atoms with Crippen LogP contribution in [0.1, 0.15) is 45.1 Å². The standard InChI is InChI=1S/C18H28N6/c1-4-5-6-8-15(2)23-18(19-3)21-14-16-9-11-20-17(13-16)24-12-7-10-22-24/h7,9-13,15H,4-6,8,14H2,1-3H3,(H2,19,21,23). The van der Waals surface area contributed by atoms with E-state index >= 15 is 0 Å². The molecule has 2 aromatic rings. The molecule has 24 heavy (non-hydrogen) atoms. The number of guanidine groups is 1. The van der Waals surface area contributed by atoms with Crippen molar-refractivity contribution in [3.63, 3.8) is 0 Å². The van der Waals surface area contributed by atoms with Crippen LogP contribution in [0.4, 0.5) is 0 Å². The van der Waals surface area contributed by atoms with Crippen molar-refractivity contribution < 1.29 is 0 Å². The van der Waals surface area contributed by atoms with Crippen LogP contribution >= 0.6 is 0 Å². The second kappa shape index (κ2) is 9.70. The van der Waals surface area contributed by atoms with E-state index in [1.807, 2.05) is 24.4 Å². The van der Waals surface area contributed by atoms with Gasteiger partial charge >= 0.3 is 0 Å². The fourth-order valence-electron chi connectivity index (χ4n) is 2.49. The van der Waals surface area contributed by atoms with E-state index in [0.29, 0.717) is 12.6 Å².